The molecule has 0 spiro atoms. The number of anilines is 1. The number of hydrogen-bond donors (Lipinski definition) is 1. The number of carboxylic acids is 1. The van der Waals surface area contributed by atoms with E-state index in [-0.39, 0.29) is 18.8 Å². The van der Waals surface area contributed by atoms with Gasteiger partial charge in [0.1, 0.15) is 0 Å². The number of non-ortho nitro benzene ring substituents is 1. The van der Waals surface area contributed by atoms with E-state index in [1.54, 1.807) is 24.0 Å². The summed E-state index contributed by atoms with van der Waals surface area (Å²) in [5.74, 6) is 0.867. The number of carbonyl (C=O) groups is 1. The molecule has 1 rings (SSSR count). The Balaban J connectivity index is 2.99. The van der Waals surface area contributed by atoms with Gasteiger partial charge in [0.25, 0.3) is 5.69 Å². The minimum Gasteiger partial charge on any atom is -0.481 e. The van der Waals surface area contributed by atoms with Crippen LogP contribution in [-0.2, 0) is 4.79 Å². The van der Waals surface area contributed by atoms with Crippen molar-refractivity contribution in [2.24, 2.45) is 5.92 Å². The van der Waals surface area contributed by atoms with Gasteiger partial charge in [0, 0.05) is 24.4 Å². The van der Waals surface area contributed by atoms with Crippen LogP contribution < -0.4 is 4.90 Å². The molecule has 0 aromatic heterocycles. The highest BCUT2D eigenvalue weighted by molar-refractivity contribution is 5.70. The lowest BCUT2D eigenvalue weighted by molar-refractivity contribution is -0.384. The number of rotatable bonds is 6. The van der Waals surface area contributed by atoms with Gasteiger partial charge in [-0.3, -0.25) is 14.9 Å². The molecule has 1 atom stereocenters. The largest absolute Gasteiger partial charge is 0.481 e. The quantitative estimate of drug-likeness (QED) is 0.479. The first-order valence-electron chi connectivity index (χ1n) is 5.61. The van der Waals surface area contributed by atoms with Crippen molar-refractivity contribution in [1.29, 1.82) is 0 Å². The lowest BCUT2D eigenvalue weighted by Crippen LogP contribution is -2.32. The average molecular weight is 262 g/mol. The molecule has 0 saturated carbocycles. The van der Waals surface area contributed by atoms with Crippen molar-refractivity contribution in [2.45, 2.75) is 6.92 Å². The zero-order valence-electron chi connectivity index (χ0n) is 10.4. The molecule has 0 heterocycles. The van der Waals surface area contributed by atoms with E-state index in [0.29, 0.717) is 5.69 Å². The number of nitro benzene ring substituents is 1. The number of hydrogen-bond acceptors (Lipinski definition) is 4. The summed E-state index contributed by atoms with van der Waals surface area (Å²) in [5.41, 5.74) is 0.489. The molecule has 0 aliphatic heterocycles. The fraction of sp³-hybridized carbons (Fsp3) is 0.308. The van der Waals surface area contributed by atoms with Gasteiger partial charge >= 0.3 is 5.97 Å². The summed E-state index contributed by atoms with van der Waals surface area (Å²) in [6, 6.07) is 5.96. The molecule has 6 heteroatoms. The molecule has 1 unspecified atom stereocenters. The minimum absolute atomic E-state index is 0.0532. The molecule has 0 radical (unpaired) electrons. The van der Waals surface area contributed by atoms with Gasteiger partial charge in [-0.1, -0.05) is 18.9 Å². The Kier molecular flexibility index (Phi) is 4.89. The third-order valence-electron chi connectivity index (χ3n) is 2.60. The van der Waals surface area contributed by atoms with Crippen LogP contribution in [0.25, 0.3) is 0 Å². The molecule has 0 aliphatic carbocycles. The molecule has 0 amide bonds. The second kappa shape index (κ2) is 6.40. The van der Waals surface area contributed by atoms with Gasteiger partial charge in [0.05, 0.1) is 17.4 Å². The Labute approximate surface area is 110 Å². The van der Waals surface area contributed by atoms with Crippen LogP contribution in [0.1, 0.15) is 6.92 Å². The molecule has 19 heavy (non-hydrogen) atoms. The van der Waals surface area contributed by atoms with Gasteiger partial charge in [-0.25, -0.2) is 0 Å². The van der Waals surface area contributed by atoms with Crippen molar-refractivity contribution in [3.63, 3.8) is 0 Å². The van der Waals surface area contributed by atoms with Crippen LogP contribution in [0.3, 0.4) is 0 Å². The van der Waals surface area contributed by atoms with Gasteiger partial charge in [-0.2, -0.15) is 0 Å². The Bertz CT molecular complexity index is 522. The van der Waals surface area contributed by atoms with Crippen molar-refractivity contribution in [2.75, 3.05) is 18.0 Å². The standard InChI is InChI=1S/C13H14N2O4/c1-3-7-14(9-10(2)13(16)17)11-5-4-6-12(8-11)15(18)19/h1,4-6,8,10H,7,9H2,2H3,(H,16,17). The molecule has 0 bridgehead atoms. The van der Waals surface area contributed by atoms with E-state index >= 15 is 0 Å². The Hall–Kier alpha value is -2.55. The normalized spacial score (nSPS) is 11.4. The Morgan fingerprint density at radius 2 is 2.32 bits per heavy atom. The SMILES string of the molecule is C#CCN(CC(C)C(=O)O)c1cccc([N+](=O)[O-])c1. The zero-order chi connectivity index (χ0) is 14.4. The van der Waals surface area contributed by atoms with E-state index in [4.69, 9.17) is 11.5 Å². The number of nitrogens with zero attached hydrogens (tertiary/aromatic N) is 2. The van der Waals surface area contributed by atoms with Crippen LogP contribution in [0.4, 0.5) is 11.4 Å². The van der Waals surface area contributed by atoms with Gasteiger partial charge in [0.2, 0.25) is 0 Å². The third kappa shape index (κ3) is 4.00. The van der Waals surface area contributed by atoms with E-state index in [1.807, 2.05) is 0 Å². The molecular formula is C13H14N2O4. The Morgan fingerprint density at radius 1 is 1.63 bits per heavy atom. The van der Waals surface area contributed by atoms with Crippen molar-refractivity contribution in [3.8, 4) is 12.3 Å². The summed E-state index contributed by atoms with van der Waals surface area (Å²) in [7, 11) is 0. The zero-order valence-corrected chi connectivity index (χ0v) is 10.4. The molecule has 0 aliphatic rings. The molecule has 0 fully saturated rings. The maximum Gasteiger partial charge on any atom is 0.308 e. The molecule has 6 nitrogen and oxygen atoms in total. The van der Waals surface area contributed by atoms with Crippen LogP contribution in [0.5, 0.6) is 0 Å². The van der Waals surface area contributed by atoms with Crippen LogP contribution in [-0.4, -0.2) is 29.1 Å². The maximum atomic E-state index is 10.9. The van der Waals surface area contributed by atoms with Crippen molar-refractivity contribution < 1.29 is 14.8 Å². The molecule has 1 N–H and O–H groups in total. The van der Waals surface area contributed by atoms with Gasteiger partial charge in [-0.15, -0.1) is 6.42 Å². The van der Waals surface area contributed by atoms with Crippen LogP contribution in [0, 0.1) is 28.4 Å². The number of aliphatic carboxylic acids is 1. The Morgan fingerprint density at radius 3 is 2.84 bits per heavy atom. The predicted octanol–water partition coefficient (Wildman–Crippen LogP) is 1.76. The summed E-state index contributed by atoms with van der Waals surface area (Å²) in [4.78, 5) is 22.7. The fourth-order valence-electron chi connectivity index (χ4n) is 1.58. The van der Waals surface area contributed by atoms with E-state index in [0.717, 1.165) is 0 Å². The number of carboxylic acid groups (broad SMARTS) is 1. The predicted molar refractivity (Wildman–Crippen MR) is 70.9 cm³/mol. The molecule has 0 saturated heterocycles. The molecular weight excluding hydrogens is 248 g/mol. The van der Waals surface area contributed by atoms with E-state index in [2.05, 4.69) is 5.92 Å². The monoisotopic (exact) mass is 262 g/mol. The average Bonchev–Trinajstić information content (AvgIpc) is 2.38. The topological polar surface area (TPSA) is 83.7 Å². The first-order valence-corrected chi connectivity index (χ1v) is 5.61. The highest BCUT2D eigenvalue weighted by Gasteiger charge is 2.17. The van der Waals surface area contributed by atoms with E-state index in [9.17, 15) is 14.9 Å². The van der Waals surface area contributed by atoms with E-state index in [1.165, 1.54) is 12.1 Å². The van der Waals surface area contributed by atoms with Crippen LogP contribution in [0.2, 0.25) is 0 Å². The summed E-state index contributed by atoms with van der Waals surface area (Å²) in [5, 5.41) is 19.6. The van der Waals surface area contributed by atoms with Crippen molar-refractivity contribution >= 4 is 17.3 Å². The highest BCUT2D eigenvalue weighted by Crippen LogP contribution is 2.21. The smallest absolute Gasteiger partial charge is 0.308 e. The summed E-state index contributed by atoms with van der Waals surface area (Å²) in [6.07, 6.45) is 5.24. The van der Waals surface area contributed by atoms with E-state index < -0.39 is 16.8 Å². The first kappa shape index (κ1) is 14.5. The third-order valence-corrected chi connectivity index (χ3v) is 2.60. The second-order valence-electron chi connectivity index (χ2n) is 4.10. The minimum atomic E-state index is -0.938. The lowest BCUT2D eigenvalue weighted by atomic mass is 10.1. The molecule has 1 aromatic carbocycles. The fourth-order valence-corrected chi connectivity index (χ4v) is 1.58. The molecule has 1 aromatic rings. The lowest BCUT2D eigenvalue weighted by Gasteiger charge is -2.24. The van der Waals surface area contributed by atoms with Gasteiger partial charge < -0.3 is 10.0 Å². The van der Waals surface area contributed by atoms with Crippen LogP contribution in [0.15, 0.2) is 24.3 Å². The second-order valence-corrected chi connectivity index (χ2v) is 4.10. The molecule has 100 valence electrons. The first-order chi connectivity index (χ1) is 8.95. The summed E-state index contributed by atoms with van der Waals surface area (Å²) >= 11 is 0. The van der Waals surface area contributed by atoms with Gasteiger partial charge in [-0.05, 0) is 6.07 Å². The van der Waals surface area contributed by atoms with Crippen molar-refractivity contribution in [3.05, 3.63) is 34.4 Å². The van der Waals surface area contributed by atoms with Crippen LogP contribution >= 0.6 is 0 Å². The number of nitro groups is 1. The summed E-state index contributed by atoms with van der Waals surface area (Å²) < 4.78 is 0. The number of terminal acetylenes is 1. The van der Waals surface area contributed by atoms with Crippen molar-refractivity contribution in [1.82, 2.24) is 0 Å². The number of benzene rings is 1. The van der Waals surface area contributed by atoms with Gasteiger partial charge in [0.15, 0.2) is 0 Å². The highest BCUT2D eigenvalue weighted by atomic mass is 16.6. The summed E-state index contributed by atoms with van der Waals surface area (Å²) in [6.45, 7) is 1.95. The maximum absolute atomic E-state index is 10.9.